The average molecular weight is 220 g/mol. The molecular weight excluding hydrogens is 212 g/mol. The van der Waals surface area contributed by atoms with Crippen LogP contribution in [0.15, 0.2) is 29.3 Å². The average Bonchev–Trinajstić information content (AvgIpc) is 2.17. The second-order valence-corrected chi connectivity index (χ2v) is 3.34. The second-order valence-electron chi connectivity index (χ2n) is 2.93. The fraction of sp³-hybridized carbons (Fsp3) is 0. The first-order valence-corrected chi connectivity index (χ1v) is 4.62. The van der Waals surface area contributed by atoms with Crippen molar-refractivity contribution in [1.82, 2.24) is 15.0 Å². The van der Waals surface area contributed by atoms with E-state index in [9.17, 15) is 4.79 Å². The van der Waals surface area contributed by atoms with Crippen LogP contribution < -0.4 is 11.3 Å². The summed E-state index contributed by atoms with van der Waals surface area (Å²) in [5.74, 6) is 0.259. The minimum absolute atomic E-state index is 0.218. The first-order chi connectivity index (χ1) is 7.18. The van der Waals surface area contributed by atoms with Crippen molar-refractivity contribution >= 4 is 18.0 Å². The predicted molar refractivity (Wildman–Crippen MR) is 59.9 cm³/mol. The number of nitrogens with two attached hydrogens (primary N) is 1. The van der Waals surface area contributed by atoms with Crippen LogP contribution in [-0.2, 0) is 0 Å². The van der Waals surface area contributed by atoms with Crippen molar-refractivity contribution in [2.75, 3.05) is 5.73 Å². The van der Waals surface area contributed by atoms with Gasteiger partial charge in [0.25, 0.3) is 5.56 Å². The molecule has 2 aromatic rings. The number of hydrogen-bond donors (Lipinski definition) is 3. The SMILES string of the molecule is Nc1[nH]c(=S)[nH]c(=O)c1-c1ccncc1. The summed E-state index contributed by atoms with van der Waals surface area (Å²) < 4.78 is 0.218. The number of anilines is 1. The zero-order valence-electron chi connectivity index (χ0n) is 7.65. The number of aromatic nitrogens is 3. The molecule has 0 radical (unpaired) electrons. The van der Waals surface area contributed by atoms with Gasteiger partial charge in [-0.15, -0.1) is 0 Å². The molecule has 6 heteroatoms. The van der Waals surface area contributed by atoms with Crippen LogP contribution in [0.1, 0.15) is 0 Å². The van der Waals surface area contributed by atoms with Gasteiger partial charge in [-0.25, -0.2) is 0 Å². The van der Waals surface area contributed by atoms with Crippen molar-refractivity contribution in [3.05, 3.63) is 39.7 Å². The molecule has 0 fully saturated rings. The van der Waals surface area contributed by atoms with Gasteiger partial charge in [-0.05, 0) is 29.9 Å². The number of nitrogens with one attached hydrogen (secondary N) is 2. The highest BCUT2D eigenvalue weighted by molar-refractivity contribution is 7.71. The number of rotatable bonds is 1. The van der Waals surface area contributed by atoms with Crippen molar-refractivity contribution < 1.29 is 0 Å². The third-order valence-electron chi connectivity index (χ3n) is 1.94. The molecule has 0 bridgehead atoms. The normalized spacial score (nSPS) is 10.1. The van der Waals surface area contributed by atoms with Crippen LogP contribution >= 0.6 is 12.2 Å². The molecule has 2 rings (SSSR count). The summed E-state index contributed by atoms with van der Waals surface area (Å²) in [6.07, 6.45) is 3.19. The third kappa shape index (κ3) is 1.79. The predicted octanol–water partition coefficient (Wildman–Crippen LogP) is 1.08. The lowest BCUT2D eigenvalue weighted by molar-refractivity contribution is 1.10. The molecule has 5 nitrogen and oxygen atoms in total. The molecular formula is C9H8N4OS. The molecule has 2 heterocycles. The van der Waals surface area contributed by atoms with E-state index in [-0.39, 0.29) is 16.1 Å². The summed E-state index contributed by atoms with van der Waals surface area (Å²) >= 11 is 4.79. The van der Waals surface area contributed by atoms with Crippen LogP contribution in [0.3, 0.4) is 0 Å². The van der Waals surface area contributed by atoms with Crippen LogP contribution in [0.4, 0.5) is 5.82 Å². The summed E-state index contributed by atoms with van der Waals surface area (Å²) in [5.41, 5.74) is 6.47. The number of hydrogen-bond acceptors (Lipinski definition) is 4. The highest BCUT2D eigenvalue weighted by Crippen LogP contribution is 2.17. The lowest BCUT2D eigenvalue weighted by Gasteiger charge is -2.03. The number of aromatic amines is 2. The van der Waals surface area contributed by atoms with Crippen LogP contribution in [0.25, 0.3) is 11.1 Å². The summed E-state index contributed by atoms with van der Waals surface area (Å²) in [5, 5.41) is 0. The van der Waals surface area contributed by atoms with Gasteiger partial charge in [-0.3, -0.25) is 14.8 Å². The van der Waals surface area contributed by atoms with E-state index >= 15 is 0 Å². The van der Waals surface area contributed by atoms with Gasteiger partial charge in [0.1, 0.15) is 5.82 Å². The van der Waals surface area contributed by atoms with Crippen molar-refractivity contribution in [3.63, 3.8) is 0 Å². The molecule has 15 heavy (non-hydrogen) atoms. The van der Waals surface area contributed by atoms with Crippen molar-refractivity contribution in [2.45, 2.75) is 0 Å². The Morgan fingerprint density at radius 3 is 2.53 bits per heavy atom. The quantitative estimate of drug-likeness (QED) is 0.627. The Balaban J connectivity index is 2.75. The standard InChI is InChI=1S/C9H8N4OS/c10-7-6(5-1-3-11-4-2-5)8(14)13-9(15)12-7/h1-4H,(H4,10,12,13,14,15). The van der Waals surface area contributed by atoms with Crippen LogP contribution in [0.2, 0.25) is 0 Å². The van der Waals surface area contributed by atoms with E-state index in [1.807, 2.05) is 0 Å². The first-order valence-electron chi connectivity index (χ1n) is 4.21. The summed E-state index contributed by atoms with van der Waals surface area (Å²) in [6, 6.07) is 3.41. The van der Waals surface area contributed by atoms with E-state index in [4.69, 9.17) is 18.0 Å². The Hall–Kier alpha value is -1.95. The van der Waals surface area contributed by atoms with E-state index < -0.39 is 0 Å². The maximum atomic E-state index is 11.6. The summed E-state index contributed by atoms with van der Waals surface area (Å²) in [6.45, 7) is 0. The fourth-order valence-corrected chi connectivity index (χ4v) is 1.51. The molecule has 0 saturated carbocycles. The smallest absolute Gasteiger partial charge is 0.261 e. The van der Waals surface area contributed by atoms with Gasteiger partial charge in [0, 0.05) is 12.4 Å². The molecule has 0 amide bonds. The number of nitrogens with zero attached hydrogens (tertiary/aromatic N) is 1. The Morgan fingerprint density at radius 2 is 1.93 bits per heavy atom. The maximum absolute atomic E-state index is 11.6. The minimum atomic E-state index is -0.303. The molecule has 0 atom stereocenters. The molecule has 4 N–H and O–H groups in total. The van der Waals surface area contributed by atoms with Crippen LogP contribution in [0, 0.1) is 4.77 Å². The molecule has 76 valence electrons. The fourth-order valence-electron chi connectivity index (χ4n) is 1.31. The zero-order valence-corrected chi connectivity index (χ0v) is 8.47. The molecule has 0 aliphatic heterocycles. The zero-order chi connectivity index (χ0) is 10.8. The first kappa shape index (κ1) is 9.60. The summed E-state index contributed by atoms with van der Waals surface area (Å²) in [4.78, 5) is 20.7. The molecule has 0 unspecified atom stereocenters. The van der Waals surface area contributed by atoms with Crippen molar-refractivity contribution in [1.29, 1.82) is 0 Å². The molecule has 0 spiro atoms. The van der Waals surface area contributed by atoms with E-state index in [1.165, 1.54) is 0 Å². The molecule has 0 aliphatic carbocycles. The van der Waals surface area contributed by atoms with Gasteiger partial charge >= 0.3 is 0 Å². The van der Waals surface area contributed by atoms with Gasteiger partial charge in [0.15, 0.2) is 4.77 Å². The van der Waals surface area contributed by atoms with E-state index in [1.54, 1.807) is 24.5 Å². The Morgan fingerprint density at radius 1 is 1.27 bits per heavy atom. The Kier molecular flexibility index (Phi) is 2.34. The molecule has 0 aliphatic rings. The number of nitrogen functional groups attached to an aromatic ring is 1. The third-order valence-corrected chi connectivity index (χ3v) is 2.14. The lowest BCUT2D eigenvalue weighted by atomic mass is 10.1. The topological polar surface area (TPSA) is 87.6 Å². The summed E-state index contributed by atoms with van der Waals surface area (Å²) in [7, 11) is 0. The molecule has 2 aromatic heterocycles. The van der Waals surface area contributed by atoms with Gasteiger partial charge < -0.3 is 10.7 Å². The van der Waals surface area contributed by atoms with Crippen molar-refractivity contribution in [3.8, 4) is 11.1 Å². The lowest BCUT2D eigenvalue weighted by Crippen LogP contribution is -2.13. The van der Waals surface area contributed by atoms with Crippen LogP contribution in [-0.4, -0.2) is 15.0 Å². The van der Waals surface area contributed by atoms with Crippen molar-refractivity contribution in [2.24, 2.45) is 0 Å². The van der Waals surface area contributed by atoms with Gasteiger partial charge in [-0.1, -0.05) is 0 Å². The molecule has 0 aromatic carbocycles. The maximum Gasteiger partial charge on any atom is 0.261 e. The highest BCUT2D eigenvalue weighted by atomic mass is 32.1. The highest BCUT2D eigenvalue weighted by Gasteiger charge is 2.07. The largest absolute Gasteiger partial charge is 0.385 e. The number of pyridine rings is 1. The minimum Gasteiger partial charge on any atom is -0.385 e. The monoisotopic (exact) mass is 220 g/mol. The van der Waals surface area contributed by atoms with E-state index in [0.717, 1.165) is 0 Å². The molecule has 0 saturated heterocycles. The second kappa shape index (κ2) is 3.66. The Bertz CT molecular complexity index is 587. The van der Waals surface area contributed by atoms with E-state index in [2.05, 4.69) is 15.0 Å². The number of H-pyrrole nitrogens is 2. The van der Waals surface area contributed by atoms with E-state index in [0.29, 0.717) is 11.1 Å². The van der Waals surface area contributed by atoms with Gasteiger partial charge in [0.2, 0.25) is 0 Å². The Labute approximate surface area is 90.0 Å². The van der Waals surface area contributed by atoms with Crippen LogP contribution in [0.5, 0.6) is 0 Å². The van der Waals surface area contributed by atoms with Gasteiger partial charge in [-0.2, -0.15) is 0 Å². The van der Waals surface area contributed by atoms with Gasteiger partial charge in [0.05, 0.1) is 5.56 Å².